The summed E-state index contributed by atoms with van der Waals surface area (Å²) in [7, 11) is -2.63. The molecule has 0 aromatic carbocycles. The Bertz CT molecular complexity index is 160. The highest BCUT2D eigenvalue weighted by molar-refractivity contribution is 7.96. The zero-order valence-electron chi connectivity index (χ0n) is 3.39. The van der Waals surface area contributed by atoms with Crippen molar-refractivity contribution in [2.24, 2.45) is 0 Å². The standard InChI is InChI=1S/C3H5NOS/c1-3-6(2,4)5/h1,4H,2H3. The van der Waals surface area contributed by atoms with Gasteiger partial charge in [0.05, 0.1) is 0 Å². The van der Waals surface area contributed by atoms with Crippen LogP contribution in [0.5, 0.6) is 0 Å². The van der Waals surface area contributed by atoms with Gasteiger partial charge in [0.15, 0.2) is 0 Å². The van der Waals surface area contributed by atoms with E-state index in [1.165, 1.54) is 6.26 Å². The number of terminal acetylenes is 1. The highest BCUT2D eigenvalue weighted by Gasteiger charge is 1.79. The molecule has 0 heterocycles. The van der Waals surface area contributed by atoms with Crippen molar-refractivity contribution < 1.29 is 4.21 Å². The average molecular weight is 103 g/mol. The van der Waals surface area contributed by atoms with Gasteiger partial charge < -0.3 is 0 Å². The number of hydrogen-bond acceptors (Lipinski definition) is 2. The second kappa shape index (κ2) is 1.31. The molecular formula is C3H5NOS. The normalized spacial score (nSPS) is 18.0. The molecule has 1 N–H and O–H groups in total. The third-order valence-electron chi connectivity index (χ3n) is 0.225. The topological polar surface area (TPSA) is 40.9 Å². The summed E-state index contributed by atoms with van der Waals surface area (Å²) in [5, 5.41) is 1.80. The van der Waals surface area contributed by atoms with Crippen molar-refractivity contribution in [1.82, 2.24) is 0 Å². The van der Waals surface area contributed by atoms with E-state index >= 15 is 0 Å². The molecule has 0 saturated heterocycles. The van der Waals surface area contributed by atoms with Crippen LogP contribution in [0.4, 0.5) is 0 Å². The first kappa shape index (κ1) is 5.51. The van der Waals surface area contributed by atoms with E-state index in [0.717, 1.165) is 0 Å². The van der Waals surface area contributed by atoms with Crippen molar-refractivity contribution in [1.29, 1.82) is 4.78 Å². The van der Waals surface area contributed by atoms with Gasteiger partial charge in [0.25, 0.3) is 0 Å². The zero-order valence-corrected chi connectivity index (χ0v) is 4.21. The summed E-state index contributed by atoms with van der Waals surface area (Å²) in [6, 6.07) is 0. The quantitative estimate of drug-likeness (QED) is 0.439. The minimum Gasteiger partial charge on any atom is -0.243 e. The van der Waals surface area contributed by atoms with E-state index in [2.05, 4.69) is 6.42 Å². The van der Waals surface area contributed by atoms with Crippen molar-refractivity contribution in [2.75, 3.05) is 6.26 Å². The summed E-state index contributed by atoms with van der Waals surface area (Å²) in [5.41, 5.74) is 0. The Morgan fingerprint density at radius 3 is 2.17 bits per heavy atom. The second-order valence-electron chi connectivity index (χ2n) is 0.961. The first-order valence-corrected chi connectivity index (χ1v) is 3.24. The first-order chi connectivity index (χ1) is 2.56. The maximum absolute atomic E-state index is 9.99. The highest BCUT2D eigenvalue weighted by atomic mass is 32.2. The lowest BCUT2D eigenvalue weighted by molar-refractivity contribution is 0.685. The molecule has 0 radical (unpaired) electrons. The smallest absolute Gasteiger partial charge is 0.108 e. The Kier molecular flexibility index (Phi) is 1.20. The fraction of sp³-hybridized carbons (Fsp3) is 0.333. The van der Waals surface area contributed by atoms with Gasteiger partial charge in [-0.15, -0.1) is 6.42 Å². The fourth-order valence-corrected chi connectivity index (χ4v) is 0. The molecule has 1 unspecified atom stereocenters. The van der Waals surface area contributed by atoms with Crippen LogP contribution < -0.4 is 0 Å². The van der Waals surface area contributed by atoms with E-state index in [1.807, 2.05) is 0 Å². The van der Waals surface area contributed by atoms with Gasteiger partial charge in [0, 0.05) is 11.5 Å². The van der Waals surface area contributed by atoms with Crippen LogP contribution >= 0.6 is 0 Å². The van der Waals surface area contributed by atoms with E-state index < -0.39 is 9.73 Å². The molecule has 0 aromatic heterocycles. The van der Waals surface area contributed by atoms with Gasteiger partial charge in [-0.1, -0.05) is 0 Å². The van der Waals surface area contributed by atoms with Crippen LogP contribution in [0.15, 0.2) is 0 Å². The van der Waals surface area contributed by atoms with Crippen molar-refractivity contribution in [2.45, 2.75) is 0 Å². The largest absolute Gasteiger partial charge is 0.243 e. The van der Waals surface area contributed by atoms with Crippen LogP contribution in [0.2, 0.25) is 0 Å². The van der Waals surface area contributed by atoms with Crippen molar-refractivity contribution >= 4 is 9.73 Å². The predicted octanol–water partition coefficient (Wildman–Crippen LogP) is 0.254. The molecule has 0 aromatic rings. The van der Waals surface area contributed by atoms with Gasteiger partial charge in [-0.25, -0.2) is 8.99 Å². The molecule has 2 nitrogen and oxygen atoms in total. The number of nitrogens with one attached hydrogen (secondary N) is 1. The van der Waals surface area contributed by atoms with E-state index in [-0.39, 0.29) is 0 Å². The third kappa shape index (κ3) is 3.51. The fourth-order valence-electron chi connectivity index (χ4n) is 0. The number of rotatable bonds is 0. The Labute approximate surface area is 37.5 Å². The summed E-state index contributed by atoms with van der Waals surface area (Å²) < 4.78 is 16.5. The minimum absolute atomic E-state index is 1.20. The summed E-state index contributed by atoms with van der Waals surface area (Å²) in [4.78, 5) is 0. The van der Waals surface area contributed by atoms with Gasteiger partial charge in [-0.2, -0.15) is 0 Å². The first-order valence-electron chi connectivity index (χ1n) is 1.27. The molecule has 6 heavy (non-hydrogen) atoms. The summed E-state index contributed by atoms with van der Waals surface area (Å²) in [5.74, 6) is 0. The Morgan fingerprint density at radius 2 is 2.17 bits per heavy atom. The molecule has 0 rings (SSSR count). The molecule has 0 bridgehead atoms. The van der Waals surface area contributed by atoms with Crippen molar-refractivity contribution in [3.8, 4) is 11.7 Å². The van der Waals surface area contributed by atoms with Crippen LogP contribution in [0.25, 0.3) is 0 Å². The van der Waals surface area contributed by atoms with Crippen LogP contribution in [-0.2, 0) is 9.73 Å². The lowest BCUT2D eigenvalue weighted by atomic mass is 11.4. The average Bonchev–Trinajstić information content (AvgIpc) is 1.35. The van der Waals surface area contributed by atoms with Gasteiger partial charge in [-0.3, -0.25) is 0 Å². The maximum Gasteiger partial charge on any atom is 0.108 e. The second-order valence-corrected chi connectivity index (χ2v) is 2.88. The third-order valence-corrected chi connectivity index (χ3v) is 0.675. The molecule has 0 spiro atoms. The predicted molar refractivity (Wildman–Crippen MR) is 25.6 cm³/mol. The van der Waals surface area contributed by atoms with E-state index in [9.17, 15) is 4.21 Å². The van der Waals surface area contributed by atoms with Crippen LogP contribution in [-0.4, -0.2) is 10.5 Å². The van der Waals surface area contributed by atoms with Crippen LogP contribution in [0, 0.1) is 16.5 Å². The molecule has 3 heteroatoms. The Hall–Kier alpha value is -0.490. The molecule has 34 valence electrons. The lowest BCUT2D eigenvalue weighted by Gasteiger charge is -1.75. The molecule has 0 aliphatic carbocycles. The van der Waals surface area contributed by atoms with Crippen molar-refractivity contribution in [3.05, 3.63) is 0 Å². The van der Waals surface area contributed by atoms with Gasteiger partial charge in [0.1, 0.15) is 9.73 Å². The number of hydrogen-bond donors (Lipinski definition) is 1. The molecule has 0 saturated carbocycles. The summed E-state index contributed by atoms with van der Waals surface area (Å²) >= 11 is 0. The molecule has 0 aliphatic heterocycles. The molecule has 1 atom stereocenters. The van der Waals surface area contributed by atoms with Gasteiger partial charge >= 0.3 is 0 Å². The van der Waals surface area contributed by atoms with Crippen LogP contribution in [0.3, 0.4) is 0 Å². The van der Waals surface area contributed by atoms with E-state index in [0.29, 0.717) is 0 Å². The van der Waals surface area contributed by atoms with E-state index in [4.69, 9.17) is 4.78 Å². The lowest BCUT2D eigenvalue weighted by Crippen LogP contribution is -1.82. The van der Waals surface area contributed by atoms with Gasteiger partial charge in [0.2, 0.25) is 0 Å². The van der Waals surface area contributed by atoms with Gasteiger partial charge in [-0.05, 0) is 0 Å². The molecule has 0 aliphatic rings. The van der Waals surface area contributed by atoms with Crippen molar-refractivity contribution in [3.63, 3.8) is 0 Å². The summed E-state index contributed by atoms with van der Waals surface area (Å²) in [6.07, 6.45) is 5.79. The minimum atomic E-state index is -2.63. The maximum atomic E-state index is 9.99. The Morgan fingerprint density at radius 1 is 2.00 bits per heavy atom. The monoisotopic (exact) mass is 103 g/mol. The van der Waals surface area contributed by atoms with Crippen LogP contribution in [0.1, 0.15) is 0 Å². The summed E-state index contributed by atoms with van der Waals surface area (Å²) in [6.45, 7) is 0. The molecular weight excluding hydrogens is 98.1 g/mol. The van der Waals surface area contributed by atoms with E-state index in [1.54, 1.807) is 5.25 Å². The SMILES string of the molecule is C#CS(C)(=N)=O. The molecule has 0 amide bonds. The Balaban J connectivity index is 4.41. The zero-order chi connectivity index (χ0) is 5.21. The molecule has 0 fully saturated rings. The highest BCUT2D eigenvalue weighted by Crippen LogP contribution is 1.72.